The lowest BCUT2D eigenvalue weighted by Crippen LogP contribution is -2.52. The lowest BCUT2D eigenvalue weighted by molar-refractivity contribution is -0.0535. The van der Waals surface area contributed by atoms with E-state index in [0.29, 0.717) is 13.1 Å². The molecule has 0 bridgehead atoms. The van der Waals surface area contributed by atoms with Gasteiger partial charge in [-0.15, -0.1) is 0 Å². The van der Waals surface area contributed by atoms with Gasteiger partial charge in [0.05, 0.1) is 23.6 Å². The van der Waals surface area contributed by atoms with E-state index in [4.69, 9.17) is 4.74 Å². The van der Waals surface area contributed by atoms with Crippen LogP contribution in [-0.4, -0.2) is 36.2 Å². The fourth-order valence-corrected chi connectivity index (χ4v) is 4.44. The molecule has 4 nitrogen and oxygen atoms in total. The van der Waals surface area contributed by atoms with Crippen molar-refractivity contribution in [2.45, 2.75) is 35.8 Å². The Morgan fingerprint density at radius 3 is 2.00 bits per heavy atom. The van der Waals surface area contributed by atoms with Gasteiger partial charge >= 0.3 is 6.03 Å². The number of nitrogens with zero attached hydrogens (tertiary/aromatic N) is 2. The Balaban J connectivity index is 1.75. The molecule has 0 radical (unpaired) electrons. The molecule has 4 rings (SSSR count). The lowest BCUT2D eigenvalue weighted by atomic mass is 10.2. The summed E-state index contributed by atoms with van der Waals surface area (Å²) in [6, 6.07) is 16.2. The summed E-state index contributed by atoms with van der Waals surface area (Å²) in [5.41, 5.74) is 1.91. The molecule has 1 saturated heterocycles. The first-order chi connectivity index (χ1) is 11.6. The average Bonchev–Trinajstić information content (AvgIpc) is 2.58. The van der Waals surface area contributed by atoms with Crippen molar-refractivity contribution in [3.8, 4) is 0 Å². The van der Waals surface area contributed by atoms with Crippen molar-refractivity contribution in [1.82, 2.24) is 4.90 Å². The fraction of sp³-hybridized carbons (Fsp3) is 0.316. The smallest absolute Gasteiger partial charge is 0.329 e. The van der Waals surface area contributed by atoms with E-state index in [1.54, 1.807) is 11.8 Å². The molecule has 2 heterocycles. The Bertz CT molecular complexity index is 724. The minimum Gasteiger partial charge on any atom is -0.372 e. The summed E-state index contributed by atoms with van der Waals surface area (Å²) in [5.74, 6) is 0. The van der Waals surface area contributed by atoms with Crippen molar-refractivity contribution < 1.29 is 9.53 Å². The van der Waals surface area contributed by atoms with E-state index in [-0.39, 0.29) is 18.2 Å². The summed E-state index contributed by atoms with van der Waals surface area (Å²) in [6.07, 6.45) is 0.115. The first kappa shape index (κ1) is 15.5. The fourth-order valence-electron chi connectivity index (χ4n) is 3.39. The minimum absolute atomic E-state index is 0.0252. The van der Waals surface area contributed by atoms with Crippen LogP contribution in [0.2, 0.25) is 0 Å². The van der Waals surface area contributed by atoms with Gasteiger partial charge in [0.1, 0.15) is 0 Å². The molecule has 24 heavy (non-hydrogen) atoms. The number of ether oxygens (including phenoxy) is 1. The number of fused-ring (bicyclic) bond motifs is 2. The molecule has 2 aliphatic heterocycles. The number of amides is 2. The van der Waals surface area contributed by atoms with Crippen LogP contribution < -0.4 is 4.90 Å². The number of anilines is 2. The van der Waals surface area contributed by atoms with Crippen LogP contribution >= 0.6 is 11.8 Å². The van der Waals surface area contributed by atoms with Gasteiger partial charge in [-0.1, -0.05) is 36.0 Å². The molecular weight excluding hydrogens is 320 g/mol. The Morgan fingerprint density at radius 1 is 0.958 bits per heavy atom. The van der Waals surface area contributed by atoms with Crippen LogP contribution in [0.4, 0.5) is 16.2 Å². The number of morpholine rings is 1. The maximum Gasteiger partial charge on any atom is 0.329 e. The Morgan fingerprint density at radius 2 is 1.46 bits per heavy atom. The normalized spacial score (nSPS) is 22.8. The van der Waals surface area contributed by atoms with E-state index < -0.39 is 0 Å². The van der Waals surface area contributed by atoms with Gasteiger partial charge in [-0.2, -0.15) is 0 Å². The second kappa shape index (κ2) is 6.15. The third-order valence-corrected chi connectivity index (χ3v) is 5.44. The van der Waals surface area contributed by atoms with Crippen LogP contribution in [0.3, 0.4) is 0 Å². The third kappa shape index (κ3) is 2.68. The molecule has 2 aromatic carbocycles. The molecule has 2 aromatic rings. The molecule has 0 spiro atoms. The maximum absolute atomic E-state index is 13.4. The van der Waals surface area contributed by atoms with Crippen molar-refractivity contribution >= 4 is 29.2 Å². The van der Waals surface area contributed by atoms with Gasteiger partial charge in [0.2, 0.25) is 0 Å². The zero-order chi connectivity index (χ0) is 16.7. The van der Waals surface area contributed by atoms with Crippen molar-refractivity contribution in [2.75, 3.05) is 18.0 Å². The minimum atomic E-state index is 0.0252. The van der Waals surface area contributed by atoms with Crippen molar-refractivity contribution in [3.63, 3.8) is 0 Å². The quantitative estimate of drug-likeness (QED) is 0.707. The zero-order valence-corrected chi connectivity index (χ0v) is 14.6. The number of rotatable bonds is 0. The average molecular weight is 340 g/mol. The molecule has 124 valence electrons. The van der Waals surface area contributed by atoms with Gasteiger partial charge in [0.15, 0.2) is 0 Å². The molecule has 2 amide bonds. The van der Waals surface area contributed by atoms with Crippen LogP contribution in [0, 0.1) is 0 Å². The molecule has 0 saturated carbocycles. The summed E-state index contributed by atoms with van der Waals surface area (Å²) in [6.45, 7) is 5.28. The number of urea groups is 1. The van der Waals surface area contributed by atoms with Crippen molar-refractivity contribution in [2.24, 2.45) is 0 Å². The van der Waals surface area contributed by atoms with Crippen LogP contribution in [0.1, 0.15) is 13.8 Å². The standard InChI is InChI=1S/C19H20N2O2S/c1-13-11-20(12-14(2)23-13)19(22)21-15-7-3-5-9-17(15)24-18-10-6-4-8-16(18)21/h3-10,13-14H,11-12H2,1-2H3/t13-,14+. The van der Waals surface area contributed by atoms with Crippen molar-refractivity contribution in [3.05, 3.63) is 48.5 Å². The van der Waals surface area contributed by atoms with Crippen LogP contribution in [0.25, 0.3) is 0 Å². The predicted octanol–water partition coefficient (Wildman–Crippen LogP) is 4.52. The summed E-state index contributed by atoms with van der Waals surface area (Å²) < 4.78 is 5.78. The molecule has 2 aliphatic rings. The van der Waals surface area contributed by atoms with Gasteiger partial charge in [-0.3, -0.25) is 4.90 Å². The summed E-state index contributed by atoms with van der Waals surface area (Å²) in [7, 11) is 0. The zero-order valence-electron chi connectivity index (χ0n) is 13.8. The molecule has 0 N–H and O–H groups in total. The molecule has 1 fully saturated rings. The van der Waals surface area contributed by atoms with Crippen LogP contribution in [0.15, 0.2) is 58.3 Å². The number of carbonyl (C=O) groups is 1. The van der Waals surface area contributed by atoms with Crippen molar-refractivity contribution in [1.29, 1.82) is 0 Å². The predicted molar refractivity (Wildman–Crippen MR) is 96.1 cm³/mol. The molecule has 5 heteroatoms. The van der Waals surface area contributed by atoms with E-state index in [9.17, 15) is 4.79 Å². The molecule has 0 aliphatic carbocycles. The first-order valence-corrected chi connectivity index (χ1v) is 9.05. The molecular formula is C19H20N2O2S. The summed E-state index contributed by atoms with van der Waals surface area (Å²) >= 11 is 1.71. The van der Waals surface area contributed by atoms with E-state index in [1.165, 1.54) is 0 Å². The maximum atomic E-state index is 13.4. The Hall–Kier alpha value is -1.98. The number of hydrogen-bond acceptors (Lipinski definition) is 3. The van der Waals surface area contributed by atoms with Gasteiger partial charge in [0.25, 0.3) is 0 Å². The molecule has 0 aromatic heterocycles. The Kier molecular flexibility index (Phi) is 3.98. The SMILES string of the molecule is C[C@@H]1CN(C(=O)N2c3ccccc3Sc3ccccc32)C[C@H](C)O1. The van der Waals surface area contributed by atoms with Crippen LogP contribution in [0.5, 0.6) is 0 Å². The highest BCUT2D eigenvalue weighted by Crippen LogP contribution is 2.48. The second-order valence-corrected chi connectivity index (χ2v) is 7.40. The third-order valence-electron chi connectivity index (χ3n) is 4.31. The number of benzene rings is 2. The van der Waals surface area contributed by atoms with Gasteiger partial charge in [-0.05, 0) is 38.1 Å². The van der Waals surface area contributed by atoms with Gasteiger partial charge in [-0.25, -0.2) is 4.79 Å². The van der Waals surface area contributed by atoms with E-state index >= 15 is 0 Å². The van der Waals surface area contributed by atoms with Crippen LogP contribution in [-0.2, 0) is 4.74 Å². The number of para-hydroxylation sites is 2. The van der Waals surface area contributed by atoms with E-state index in [2.05, 4.69) is 12.1 Å². The highest BCUT2D eigenvalue weighted by molar-refractivity contribution is 7.99. The van der Waals surface area contributed by atoms with E-state index in [1.807, 2.05) is 60.0 Å². The highest BCUT2D eigenvalue weighted by atomic mass is 32.2. The monoisotopic (exact) mass is 340 g/mol. The topological polar surface area (TPSA) is 32.8 Å². The largest absolute Gasteiger partial charge is 0.372 e. The molecule has 2 atom stereocenters. The lowest BCUT2D eigenvalue weighted by Gasteiger charge is -2.40. The van der Waals surface area contributed by atoms with E-state index in [0.717, 1.165) is 21.2 Å². The summed E-state index contributed by atoms with van der Waals surface area (Å²) in [5, 5.41) is 0. The van der Waals surface area contributed by atoms with Gasteiger partial charge in [0, 0.05) is 22.9 Å². The number of carbonyl (C=O) groups excluding carboxylic acids is 1. The van der Waals surface area contributed by atoms with Gasteiger partial charge < -0.3 is 9.64 Å². The molecule has 0 unspecified atom stereocenters. The highest BCUT2D eigenvalue weighted by Gasteiger charge is 2.34. The first-order valence-electron chi connectivity index (χ1n) is 8.24. The number of hydrogen-bond donors (Lipinski definition) is 0. The Labute approximate surface area is 146 Å². The second-order valence-electron chi connectivity index (χ2n) is 6.32. The summed E-state index contributed by atoms with van der Waals surface area (Å²) in [4.78, 5) is 19.3.